The Bertz CT molecular complexity index is 371. The standard InChI is InChI=1S/C12H19N3O2/c1-8(2)16-11-6-7-14-12(15-11)17-10-5-3-4-9(10)13/h6-10H,3-5,13H2,1-2H3. The minimum absolute atomic E-state index is 0.0318. The Morgan fingerprint density at radius 3 is 2.88 bits per heavy atom. The first kappa shape index (κ1) is 12.1. The normalized spacial score (nSPS) is 24.0. The second kappa shape index (κ2) is 5.31. The predicted octanol–water partition coefficient (Wildman–Crippen LogP) is 1.52. The SMILES string of the molecule is CC(C)Oc1ccnc(OC2CCCC2N)n1. The minimum Gasteiger partial charge on any atom is -0.475 e. The van der Waals surface area contributed by atoms with E-state index in [4.69, 9.17) is 15.2 Å². The molecule has 1 aliphatic carbocycles. The van der Waals surface area contributed by atoms with E-state index >= 15 is 0 Å². The molecule has 0 radical (unpaired) electrons. The average Bonchev–Trinajstić information content (AvgIpc) is 2.64. The Morgan fingerprint density at radius 1 is 1.41 bits per heavy atom. The number of aromatic nitrogens is 2. The van der Waals surface area contributed by atoms with Crippen LogP contribution in [0.25, 0.3) is 0 Å². The summed E-state index contributed by atoms with van der Waals surface area (Å²) in [5, 5.41) is 0. The summed E-state index contributed by atoms with van der Waals surface area (Å²) in [7, 11) is 0. The van der Waals surface area contributed by atoms with E-state index in [0.29, 0.717) is 11.9 Å². The van der Waals surface area contributed by atoms with Crippen LogP contribution in [-0.2, 0) is 0 Å². The molecule has 5 heteroatoms. The maximum Gasteiger partial charge on any atom is 0.320 e. The molecule has 1 saturated carbocycles. The lowest BCUT2D eigenvalue weighted by Gasteiger charge is -2.16. The molecule has 2 atom stereocenters. The largest absolute Gasteiger partial charge is 0.475 e. The maximum absolute atomic E-state index is 5.93. The first-order chi connectivity index (χ1) is 8.15. The summed E-state index contributed by atoms with van der Waals surface area (Å²) < 4.78 is 11.2. The molecule has 0 spiro atoms. The van der Waals surface area contributed by atoms with Gasteiger partial charge in [0.15, 0.2) is 0 Å². The first-order valence-corrected chi connectivity index (χ1v) is 6.07. The Balaban J connectivity index is 2.00. The van der Waals surface area contributed by atoms with Gasteiger partial charge < -0.3 is 15.2 Å². The fourth-order valence-electron chi connectivity index (χ4n) is 1.93. The molecular formula is C12H19N3O2. The molecule has 1 aliphatic rings. The van der Waals surface area contributed by atoms with Crippen molar-refractivity contribution in [2.24, 2.45) is 5.73 Å². The molecule has 94 valence electrons. The second-order valence-electron chi connectivity index (χ2n) is 4.60. The fraction of sp³-hybridized carbons (Fsp3) is 0.667. The molecule has 2 rings (SSSR count). The fourth-order valence-corrected chi connectivity index (χ4v) is 1.93. The molecule has 0 aromatic carbocycles. The van der Waals surface area contributed by atoms with Crippen LogP contribution in [0.1, 0.15) is 33.1 Å². The number of nitrogens with two attached hydrogens (primary N) is 1. The maximum atomic E-state index is 5.93. The lowest BCUT2D eigenvalue weighted by molar-refractivity contribution is 0.169. The van der Waals surface area contributed by atoms with Crippen molar-refractivity contribution in [1.29, 1.82) is 0 Å². The van der Waals surface area contributed by atoms with Gasteiger partial charge in [0, 0.05) is 18.3 Å². The molecule has 0 amide bonds. The third-order valence-electron chi connectivity index (χ3n) is 2.72. The number of nitrogens with zero attached hydrogens (tertiary/aromatic N) is 2. The molecule has 0 aliphatic heterocycles. The number of ether oxygens (including phenoxy) is 2. The summed E-state index contributed by atoms with van der Waals surface area (Å²) in [5.74, 6) is 0.538. The Hall–Kier alpha value is -1.36. The Morgan fingerprint density at radius 2 is 2.24 bits per heavy atom. The van der Waals surface area contributed by atoms with E-state index in [1.54, 1.807) is 12.3 Å². The van der Waals surface area contributed by atoms with Gasteiger partial charge >= 0.3 is 6.01 Å². The van der Waals surface area contributed by atoms with Gasteiger partial charge in [-0.15, -0.1) is 0 Å². The van der Waals surface area contributed by atoms with Crippen molar-refractivity contribution in [2.45, 2.75) is 51.4 Å². The van der Waals surface area contributed by atoms with Crippen molar-refractivity contribution < 1.29 is 9.47 Å². The van der Waals surface area contributed by atoms with Crippen LogP contribution >= 0.6 is 0 Å². The summed E-state index contributed by atoms with van der Waals surface area (Å²) in [6.07, 6.45) is 4.84. The van der Waals surface area contributed by atoms with Crippen molar-refractivity contribution in [2.75, 3.05) is 0 Å². The van der Waals surface area contributed by atoms with Crippen LogP contribution in [0, 0.1) is 0 Å². The van der Waals surface area contributed by atoms with Crippen molar-refractivity contribution in [3.05, 3.63) is 12.3 Å². The van der Waals surface area contributed by atoms with E-state index < -0.39 is 0 Å². The van der Waals surface area contributed by atoms with Crippen molar-refractivity contribution in [3.8, 4) is 11.9 Å². The average molecular weight is 237 g/mol. The van der Waals surface area contributed by atoms with E-state index in [9.17, 15) is 0 Å². The molecule has 0 bridgehead atoms. The molecule has 2 N–H and O–H groups in total. The highest BCUT2D eigenvalue weighted by Gasteiger charge is 2.26. The number of hydrogen-bond acceptors (Lipinski definition) is 5. The topological polar surface area (TPSA) is 70.3 Å². The lowest BCUT2D eigenvalue weighted by Crippen LogP contribution is -2.34. The summed E-state index contributed by atoms with van der Waals surface area (Å²) >= 11 is 0. The van der Waals surface area contributed by atoms with Crippen LogP contribution in [-0.4, -0.2) is 28.2 Å². The zero-order valence-corrected chi connectivity index (χ0v) is 10.3. The Kier molecular flexibility index (Phi) is 3.78. The van der Waals surface area contributed by atoms with Gasteiger partial charge in [0.25, 0.3) is 0 Å². The highest BCUT2D eigenvalue weighted by Crippen LogP contribution is 2.22. The number of rotatable bonds is 4. The van der Waals surface area contributed by atoms with E-state index in [0.717, 1.165) is 19.3 Å². The molecular weight excluding hydrogens is 218 g/mol. The van der Waals surface area contributed by atoms with Gasteiger partial charge in [-0.25, -0.2) is 4.98 Å². The van der Waals surface area contributed by atoms with E-state index in [-0.39, 0.29) is 18.2 Å². The Labute approximate surface area is 101 Å². The van der Waals surface area contributed by atoms with Crippen LogP contribution in [0.4, 0.5) is 0 Å². The van der Waals surface area contributed by atoms with Gasteiger partial charge in [-0.2, -0.15) is 4.98 Å². The third kappa shape index (κ3) is 3.30. The van der Waals surface area contributed by atoms with E-state index in [1.807, 2.05) is 13.8 Å². The zero-order chi connectivity index (χ0) is 12.3. The molecule has 17 heavy (non-hydrogen) atoms. The molecule has 1 aromatic rings. The van der Waals surface area contributed by atoms with Gasteiger partial charge in [-0.1, -0.05) is 0 Å². The minimum atomic E-state index is 0.0318. The zero-order valence-electron chi connectivity index (χ0n) is 10.3. The molecule has 5 nitrogen and oxygen atoms in total. The summed E-state index contributed by atoms with van der Waals surface area (Å²) in [6.45, 7) is 3.91. The van der Waals surface area contributed by atoms with Gasteiger partial charge in [-0.05, 0) is 33.1 Å². The van der Waals surface area contributed by atoms with Crippen LogP contribution in [0.5, 0.6) is 11.9 Å². The van der Waals surface area contributed by atoms with Gasteiger partial charge in [0.05, 0.1) is 6.10 Å². The van der Waals surface area contributed by atoms with E-state index in [2.05, 4.69) is 9.97 Å². The first-order valence-electron chi connectivity index (χ1n) is 6.07. The lowest BCUT2D eigenvalue weighted by atomic mass is 10.2. The van der Waals surface area contributed by atoms with Gasteiger partial charge in [0.2, 0.25) is 5.88 Å². The van der Waals surface area contributed by atoms with Crippen molar-refractivity contribution in [1.82, 2.24) is 9.97 Å². The summed E-state index contributed by atoms with van der Waals surface area (Å²) in [5.41, 5.74) is 5.93. The van der Waals surface area contributed by atoms with Gasteiger partial charge in [0.1, 0.15) is 6.10 Å². The molecule has 1 fully saturated rings. The smallest absolute Gasteiger partial charge is 0.320 e. The third-order valence-corrected chi connectivity index (χ3v) is 2.72. The van der Waals surface area contributed by atoms with Crippen LogP contribution < -0.4 is 15.2 Å². The summed E-state index contributed by atoms with van der Waals surface area (Å²) in [6, 6.07) is 2.17. The monoisotopic (exact) mass is 237 g/mol. The summed E-state index contributed by atoms with van der Waals surface area (Å²) in [4.78, 5) is 8.28. The van der Waals surface area contributed by atoms with Crippen molar-refractivity contribution >= 4 is 0 Å². The quantitative estimate of drug-likeness (QED) is 0.859. The van der Waals surface area contributed by atoms with Crippen LogP contribution in [0.15, 0.2) is 12.3 Å². The molecule has 2 unspecified atom stereocenters. The molecule has 1 aromatic heterocycles. The van der Waals surface area contributed by atoms with Crippen LogP contribution in [0.3, 0.4) is 0 Å². The van der Waals surface area contributed by atoms with E-state index in [1.165, 1.54) is 0 Å². The highest BCUT2D eigenvalue weighted by molar-refractivity contribution is 5.11. The number of hydrogen-bond donors (Lipinski definition) is 1. The van der Waals surface area contributed by atoms with Crippen molar-refractivity contribution in [3.63, 3.8) is 0 Å². The second-order valence-corrected chi connectivity index (χ2v) is 4.60. The van der Waals surface area contributed by atoms with Gasteiger partial charge in [-0.3, -0.25) is 0 Å². The molecule has 0 saturated heterocycles. The van der Waals surface area contributed by atoms with Crippen LogP contribution in [0.2, 0.25) is 0 Å². The highest BCUT2D eigenvalue weighted by atomic mass is 16.5. The molecule has 1 heterocycles. The predicted molar refractivity (Wildman–Crippen MR) is 64.0 cm³/mol.